The molecule has 2 aromatic rings. The Balaban J connectivity index is 2.53. The zero-order chi connectivity index (χ0) is 13.1. The molecule has 0 atom stereocenters. The van der Waals surface area contributed by atoms with E-state index in [1.807, 2.05) is 19.3 Å². The van der Waals surface area contributed by atoms with Gasteiger partial charge in [-0.25, -0.2) is 4.39 Å². The monoisotopic (exact) mass is 247 g/mol. The Hall–Kier alpha value is -1.68. The maximum atomic E-state index is 13.9. The number of rotatable bonds is 4. The lowest BCUT2D eigenvalue weighted by atomic mass is 10.0. The SMILES string of the molecule is CCCc1nn(C)cc1-c1cc(CN)ccc1F. The van der Waals surface area contributed by atoms with Gasteiger partial charge < -0.3 is 5.73 Å². The van der Waals surface area contributed by atoms with Crippen molar-refractivity contribution in [2.45, 2.75) is 26.3 Å². The first kappa shape index (κ1) is 12.8. The summed E-state index contributed by atoms with van der Waals surface area (Å²) < 4.78 is 15.7. The predicted molar refractivity (Wildman–Crippen MR) is 70.5 cm³/mol. The number of nitrogens with two attached hydrogens (primary N) is 1. The summed E-state index contributed by atoms with van der Waals surface area (Å²) >= 11 is 0. The zero-order valence-electron chi connectivity index (χ0n) is 10.8. The number of halogens is 1. The van der Waals surface area contributed by atoms with Crippen molar-refractivity contribution in [1.29, 1.82) is 0 Å². The minimum absolute atomic E-state index is 0.224. The van der Waals surface area contributed by atoms with Gasteiger partial charge in [0, 0.05) is 30.9 Å². The van der Waals surface area contributed by atoms with Crippen LogP contribution in [-0.2, 0) is 20.0 Å². The van der Waals surface area contributed by atoms with E-state index >= 15 is 0 Å². The van der Waals surface area contributed by atoms with Crippen LogP contribution in [-0.4, -0.2) is 9.78 Å². The molecule has 96 valence electrons. The maximum absolute atomic E-state index is 13.9. The maximum Gasteiger partial charge on any atom is 0.131 e. The van der Waals surface area contributed by atoms with Gasteiger partial charge >= 0.3 is 0 Å². The molecule has 1 heterocycles. The molecule has 0 amide bonds. The molecule has 3 nitrogen and oxygen atoms in total. The lowest BCUT2D eigenvalue weighted by Gasteiger charge is -2.05. The molecule has 0 aliphatic rings. The molecule has 2 N–H and O–H groups in total. The highest BCUT2D eigenvalue weighted by Gasteiger charge is 2.13. The summed E-state index contributed by atoms with van der Waals surface area (Å²) in [7, 11) is 1.85. The van der Waals surface area contributed by atoms with Gasteiger partial charge in [0.25, 0.3) is 0 Å². The molecule has 1 aromatic carbocycles. The van der Waals surface area contributed by atoms with Gasteiger partial charge in [-0.15, -0.1) is 0 Å². The summed E-state index contributed by atoms with van der Waals surface area (Å²) in [5.41, 5.74) is 8.93. The second-order valence-electron chi connectivity index (χ2n) is 4.43. The molecule has 0 radical (unpaired) electrons. The van der Waals surface area contributed by atoms with E-state index in [0.29, 0.717) is 12.1 Å². The van der Waals surface area contributed by atoms with Crippen LogP contribution in [0.2, 0.25) is 0 Å². The number of hydrogen-bond acceptors (Lipinski definition) is 2. The molecule has 18 heavy (non-hydrogen) atoms. The van der Waals surface area contributed by atoms with Gasteiger partial charge in [0.1, 0.15) is 5.82 Å². The molecular weight excluding hydrogens is 229 g/mol. The van der Waals surface area contributed by atoms with E-state index in [9.17, 15) is 4.39 Å². The van der Waals surface area contributed by atoms with E-state index in [1.165, 1.54) is 6.07 Å². The molecular formula is C14H18FN3. The first-order valence-electron chi connectivity index (χ1n) is 6.17. The van der Waals surface area contributed by atoms with Gasteiger partial charge in [0.15, 0.2) is 0 Å². The van der Waals surface area contributed by atoms with Gasteiger partial charge in [-0.1, -0.05) is 19.4 Å². The minimum atomic E-state index is -0.224. The van der Waals surface area contributed by atoms with Gasteiger partial charge in [0.05, 0.1) is 5.69 Å². The quantitative estimate of drug-likeness (QED) is 0.902. The number of aromatic nitrogens is 2. The molecule has 0 spiro atoms. The molecule has 0 aliphatic heterocycles. The van der Waals surface area contributed by atoms with E-state index < -0.39 is 0 Å². The topological polar surface area (TPSA) is 43.8 Å². The normalized spacial score (nSPS) is 10.9. The summed E-state index contributed by atoms with van der Waals surface area (Å²) in [6.45, 7) is 2.50. The van der Waals surface area contributed by atoms with Crippen molar-refractivity contribution in [2.24, 2.45) is 12.8 Å². The van der Waals surface area contributed by atoms with Crippen LogP contribution in [0.25, 0.3) is 11.1 Å². The number of nitrogens with zero attached hydrogens (tertiary/aromatic N) is 2. The van der Waals surface area contributed by atoms with Crippen LogP contribution >= 0.6 is 0 Å². The fourth-order valence-corrected chi connectivity index (χ4v) is 2.09. The molecule has 0 fully saturated rings. The third-order valence-electron chi connectivity index (χ3n) is 2.95. The highest BCUT2D eigenvalue weighted by atomic mass is 19.1. The van der Waals surface area contributed by atoms with Crippen molar-refractivity contribution in [1.82, 2.24) is 9.78 Å². The number of benzene rings is 1. The molecule has 0 unspecified atom stereocenters. The third kappa shape index (κ3) is 2.43. The van der Waals surface area contributed by atoms with Crippen LogP contribution < -0.4 is 5.73 Å². The zero-order valence-corrected chi connectivity index (χ0v) is 10.8. The summed E-state index contributed by atoms with van der Waals surface area (Å²) in [6.07, 6.45) is 3.70. The summed E-state index contributed by atoms with van der Waals surface area (Å²) in [4.78, 5) is 0. The smallest absolute Gasteiger partial charge is 0.131 e. The van der Waals surface area contributed by atoms with Crippen LogP contribution in [0.1, 0.15) is 24.6 Å². The summed E-state index contributed by atoms with van der Waals surface area (Å²) in [6, 6.07) is 5.00. The lowest BCUT2D eigenvalue weighted by Crippen LogP contribution is -1.98. The van der Waals surface area contributed by atoms with Crippen LogP contribution in [0.4, 0.5) is 4.39 Å². The number of hydrogen-bond donors (Lipinski definition) is 1. The Morgan fingerprint density at radius 3 is 2.78 bits per heavy atom. The molecule has 1 aromatic heterocycles. The van der Waals surface area contributed by atoms with Crippen molar-refractivity contribution in [2.75, 3.05) is 0 Å². The van der Waals surface area contributed by atoms with Crippen LogP contribution in [0.15, 0.2) is 24.4 Å². The van der Waals surface area contributed by atoms with E-state index in [0.717, 1.165) is 29.7 Å². The van der Waals surface area contributed by atoms with Crippen molar-refractivity contribution in [3.05, 3.63) is 41.5 Å². The van der Waals surface area contributed by atoms with E-state index in [4.69, 9.17) is 5.73 Å². The Labute approximate surface area is 106 Å². The van der Waals surface area contributed by atoms with Gasteiger partial charge in [0.2, 0.25) is 0 Å². The van der Waals surface area contributed by atoms with Crippen molar-refractivity contribution in [3.8, 4) is 11.1 Å². The van der Waals surface area contributed by atoms with Gasteiger partial charge in [-0.2, -0.15) is 5.10 Å². The Morgan fingerprint density at radius 2 is 2.11 bits per heavy atom. The Bertz CT molecular complexity index is 546. The highest BCUT2D eigenvalue weighted by molar-refractivity contribution is 5.66. The van der Waals surface area contributed by atoms with Crippen molar-refractivity contribution in [3.63, 3.8) is 0 Å². The van der Waals surface area contributed by atoms with E-state index in [1.54, 1.807) is 10.7 Å². The molecule has 0 saturated heterocycles. The van der Waals surface area contributed by atoms with Gasteiger partial charge in [-0.05, 0) is 24.1 Å². The van der Waals surface area contributed by atoms with Crippen molar-refractivity contribution < 1.29 is 4.39 Å². The average molecular weight is 247 g/mol. The molecule has 2 rings (SSSR count). The fourth-order valence-electron chi connectivity index (χ4n) is 2.09. The Kier molecular flexibility index (Phi) is 3.77. The first-order valence-corrected chi connectivity index (χ1v) is 6.17. The molecule has 0 saturated carbocycles. The average Bonchev–Trinajstić information content (AvgIpc) is 2.71. The Morgan fingerprint density at radius 1 is 1.33 bits per heavy atom. The molecule has 4 heteroatoms. The predicted octanol–water partition coefficient (Wildman–Crippen LogP) is 2.64. The van der Waals surface area contributed by atoms with E-state index in [2.05, 4.69) is 12.0 Å². The minimum Gasteiger partial charge on any atom is -0.326 e. The highest BCUT2D eigenvalue weighted by Crippen LogP contribution is 2.27. The second-order valence-corrected chi connectivity index (χ2v) is 4.43. The van der Waals surface area contributed by atoms with Crippen LogP contribution in [0, 0.1) is 5.82 Å². The first-order chi connectivity index (χ1) is 8.65. The molecule has 0 aliphatic carbocycles. The van der Waals surface area contributed by atoms with Crippen LogP contribution in [0.5, 0.6) is 0 Å². The molecule has 0 bridgehead atoms. The van der Waals surface area contributed by atoms with Gasteiger partial charge in [-0.3, -0.25) is 4.68 Å². The largest absolute Gasteiger partial charge is 0.326 e. The van der Waals surface area contributed by atoms with E-state index in [-0.39, 0.29) is 5.82 Å². The standard InChI is InChI=1S/C14H18FN3/c1-3-4-14-12(9-18(2)17-14)11-7-10(8-16)5-6-13(11)15/h5-7,9H,3-4,8,16H2,1-2H3. The lowest BCUT2D eigenvalue weighted by molar-refractivity contribution is 0.630. The summed E-state index contributed by atoms with van der Waals surface area (Å²) in [5, 5.41) is 4.39. The van der Waals surface area contributed by atoms with Crippen LogP contribution in [0.3, 0.4) is 0 Å². The number of aryl methyl sites for hydroxylation is 2. The fraction of sp³-hybridized carbons (Fsp3) is 0.357. The second kappa shape index (κ2) is 5.31. The third-order valence-corrected chi connectivity index (χ3v) is 2.95. The summed E-state index contributed by atoms with van der Waals surface area (Å²) in [5.74, 6) is -0.224. The van der Waals surface area contributed by atoms with Crippen molar-refractivity contribution >= 4 is 0 Å².